The molecule has 4 aliphatic carbocycles. The van der Waals surface area contributed by atoms with E-state index in [-0.39, 0.29) is 0 Å². The monoisotopic (exact) mass is 220 g/mol. The van der Waals surface area contributed by atoms with Crippen LogP contribution in [0.4, 0.5) is 0 Å². The fraction of sp³-hybridized carbons (Fsp3) is 0.867. The van der Waals surface area contributed by atoms with E-state index in [1.54, 1.807) is 25.5 Å². The highest BCUT2D eigenvalue weighted by Gasteiger charge is 2.50. The summed E-state index contributed by atoms with van der Waals surface area (Å²) in [5.74, 6) is 3.27. The van der Waals surface area contributed by atoms with Gasteiger partial charge < -0.3 is 4.74 Å². The van der Waals surface area contributed by atoms with Gasteiger partial charge in [-0.05, 0) is 74.5 Å². The predicted molar refractivity (Wildman–Crippen MR) is 66.0 cm³/mol. The van der Waals surface area contributed by atoms with Crippen LogP contribution in [-0.4, -0.2) is 6.61 Å². The SMILES string of the molecule is C=COCCCC12CC3CC(CC(C3)C1)C2. The lowest BCUT2D eigenvalue weighted by molar-refractivity contribution is -0.0598. The van der Waals surface area contributed by atoms with Crippen LogP contribution in [0.3, 0.4) is 0 Å². The van der Waals surface area contributed by atoms with Gasteiger partial charge in [0, 0.05) is 0 Å². The molecule has 4 fully saturated rings. The van der Waals surface area contributed by atoms with E-state index < -0.39 is 0 Å². The normalized spacial score (nSPS) is 44.6. The lowest BCUT2D eigenvalue weighted by Gasteiger charge is -2.57. The molecule has 0 aliphatic heterocycles. The molecule has 0 aromatic heterocycles. The zero-order valence-corrected chi connectivity index (χ0v) is 10.3. The second-order valence-corrected chi connectivity index (χ2v) is 6.56. The molecule has 1 nitrogen and oxygen atoms in total. The molecule has 0 spiro atoms. The first-order chi connectivity index (χ1) is 7.80. The molecule has 90 valence electrons. The molecule has 0 N–H and O–H groups in total. The van der Waals surface area contributed by atoms with E-state index in [0.29, 0.717) is 0 Å². The van der Waals surface area contributed by atoms with Crippen LogP contribution in [-0.2, 0) is 4.74 Å². The van der Waals surface area contributed by atoms with Gasteiger partial charge in [-0.1, -0.05) is 6.58 Å². The minimum Gasteiger partial charge on any atom is -0.502 e. The molecule has 4 saturated carbocycles. The Morgan fingerprint density at radius 3 is 2.12 bits per heavy atom. The second kappa shape index (κ2) is 4.09. The van der Waals surface area contributed by atoms with Crippen LogP contribution in [0.15, 0.2) is 12.8 Å². The van der Waals surface area contributed by atoms with Crippen molar-refractivity contribution in [2.24, 2.45) is 23.2 Å². The van der Waals surface area contributed by atoms with Crippen LogP contribution in [0.1, 0.15) is 51.4 Å². The first-order valence-corrected chi connectivity index (χ1v) is 7.02. The van der Waals surface area contributed by atoms with Crippen molar-refractivity contribution in [3.63, 3.8) is 0 Å². The maximum atomic E-state index is 5.26. The Morgan fingerprint density at radius 2 is 1.62 bits per heavy atom. The standard InChI is InChI=1S/C15H24O/c1-2-16-5-3-4-15-9-12-6-13(10-15)8-14(7-12)11-15/h2,12-14H,1,3-11H2. The second-order valence-electron chi connectivity index (χ2n) is 6.56. The van der Waals surface area contributed by atoms with Crippen LogP contribution < -0.4 is 0 Å². The van der Waals surface area contributed by atoms with Gasteiger partial charge in [-0.2, -0.15) is 0 Å². The van der Waals surface area contributed by atoms with Gasteiger partial charge in [0.2, 0.25) is 0 Å². The highest BCUT2D eigenvalue weighted by molar-refractivity contribution is 5.01. The topological polar surface area (TPSA) is 9.23 Å². The smallest absolute Gasteiger partial charge is 0.0873 e. The van der Waals surface area contributed by atoms with E-state index >= 15 is 0 Å². The number of hydrogen-bond acceptors (Lipinski definition) is 1. The Morgan fingerprint density at radius 1 is 1.06 bits per heavy atom. The Kier molecular flexibility index (Phi) is 2.73. The van der Waals surface area contributed by atoms with Crippen LogP contribution in [0, 0.1) is 23.2 Å². The molecule has 0 atom stereocenters. The molecule has 1 heteroatoms. The molecule has 4 bridgehead atoms. The van der Waals surface area contributed by atoms with Crippen molar-refractivity contribution >= 4 is 0 Å². The molecule has 4 aliphatic rings. The summed E-state index contributed by atoms with van der Waals surface area (Å²) in [6, 6.07) is 0. The molecule has 0 unspecified atom stereocenters. The molecular formula is C15H24O. The zero-order valence-electron chi connectivity index (χ0n) is 10.3. The summed E-state index contributed by atoms with van der Waals surface area (Å²) in [7, 11) is 0. The van der Waals surface area contributed by atoms with Crippen LogP contribution in [0.2, 0.25) is 0 Å². The van der Waals surface area contributed by atoms with E-state index in [0.717, 1.165) is 29.8 Å². The Labute approximate surface area is 99.3 Å². The summed E-state index contributed by atoms with van der Waals surface area (Å²) in [5.41, 5.74) is 0.735. The fourth-order valence-corrected chi connectivity index (χ4v) is 5.21. The third-order valence-electron chi connectivity index (χ3n) is 5.25. The number of ether oxygens (including phenoxy) is 1. The van der Waals surface area contributed by atoms with Gasteiger partial charge in [-0.15, -0.1) is 0 Å². The Balaban J connectivity index is 1.58. The molecule has 4 rings (SSSR count). The van der Waals surface area contributed by atoms with Crippen LogP contribution >= 0.6 is 0 Å². The van der Waals surface area contributed by atoms with E-state index in [9.17, 15) is 0 Å². The van der Waals surface area contributed by atoms with E-state index in [2.05, 4.69) is 6.58 Å². The molecule has 0 aromatic rings. The van der Waals surface area contributed by atoms with E-state index in [4.69, 9.17) is 4.74 Å². The molecule has 16 heavy (non-hydrogen) atoms. The first-order valence-electron chi connectivity index (χ1n) is 7.02. The average molecular weight is 220 g/mol. The van der Waals surface area contributed by atoms with Gasteiger partial charge in [0.15, 0.2) is 0 Å². The van der Waals surface area contributed by atoms with Gasteiger partial charge in [-0.3, -0.25) is 0 Å². The maximum Gasteiger partial charge on any atom is 0.0873 e. The molecule has 0 amide bonds. The average Bonchev–Trinajstić information content (AvgIpc) is 2.22. The zero-order chi connectivity index (χ0) is 11.0. The van der Waals surface area contributed by atoms with Crippen molar-refractivity contribution in [2.45, 2.75) is 51.4 Å². The lowest BCUT2D eigenvalue weighted by Crippen LogP contribution is -2.46. The van der Waals surface area contributed by atoms with E-state index in [1.807, 2.05) is 0 Å². The predicted octanol–water partition coefficient (Wildman–Crippen LogP) is 4.14. The van der Waals surface area contributed by atoms with Crippen LogP contribution in [0.25, 0.3) is 0 Å². The summed E-state index contributed by atoms with van der Waals surface area (Å²) in [6.45, 7) is 4.48. The van der Waals surface area contributed by atoms with E-state index in [1.165, 1.54) is 32.1 Å². The third-order valence-corrected chi connectivity index (χ3v) is 5.25. The van der Waals surface area contributed by atoms with Crippen molar-refractivity contribution in [1.29, 1.82) is 0 Å². The van der Waals surface area contributed by atoms with Gasteiger partial charge in [-0.25, -0.2) is 0 Å². The van der Waals surface area contributed by atoms with Gasteiger partial charge in [0.25, 0.3) is 0 Å². The fourth-order valence-electron chi connectivity index (χ4n) is 5.21. The first kappa shape index (κ1) is 10.7. The maximum absolute atomic E-state index is 5.26. The van der Waals surface area contributed by atoms with Gasteiger partial charge in [0.1, 0.15) is 0 Å². The highest BCUT2D eigenvalue weighted by atomic mass is 16.5. The summed E-state index contributed by atoms with van der Waals surface area (Å²) >= 11 is 0. The largest absolute Gasteiger partial charge is 0.502 e. The van der Waals surface area contributed by atoms with Gasteiger partial charge in [0.05, 0.1) is 12.9 Å². The molecule has 0 saturated heterocycles. The van der Waals surface area contributed by atoms with Crippen LogP contribution in [0.5, 0.6) is 0 Å². The highest BCUT2D eigenvalue weighted by Crippen LogP contribution is 2.61. The van der Waals surface area contributed by atoms with Crippen molar-refractivity contribution in [2.75, 3.05) is 6.61 Å². The summed E-state index contributed by atoms with van der Waals surface area (Å²) < 4.78 is 5.26. The third kappa shape index (κ3) is 1.89. The van der Waals surface area contributed by atoms with Crippen molar-refractivity contribution in [3.05, 3.63) is 12.8 Å². The van der Waals surface area contributed by atoms with Crippen molar-refractivity contribution in [3.8, 4) is 0 Å². The summed E-state index contributed by atoms with van der Waals surface area (Å²) in [6.07, 6.45) is 13.5. The quantitative estimate of drug-likeness (QED) is 0.500. The Bertz CT molecular complexity index is 233. The number of rotatable bonds is 5. The summed E-state index contributed by atoms with van der Waals surface area (Å²) in [4.78, 5) is 0. The van der Waals surface area contributed by atoms with Crippen molar-refractivity contribution in [1.82, 2.24) is 0 Å². The number of hydrogen-bond donors (Lipinski definition) is 0. The summed E-state index contributed by atoms with van der Waals surface area (Å²) in [5, 5.41) is 0. The molecule has 0 aromatic carbocycles. The minimum atomic E-state index is 0.735. The Hall–Kier alpha value is -0.460. The minimum absolute atomic E-state index is 0.735. The lowest BCUT2D eigenvalue weighted by atomic mass is 9.48. The molecule has 0 radical (unpaired) electrons. The van der Waals surface area contributed by atoms with Crippen molar-refractivity contribution < 1.29 is 4.74 Å². The van der Waals surface area contributed by atoms with Gasteiger partial charge >= 0.3 is 0 Å². The molecule has 0 heterocycles. The molecular weight excluding hydrogens is 196 g/mol.